The lowest BCUT2D eigenvalue weighted by atomic mass is 10.2. The zero-order valence-corrected chi connectivity index (χ0v) is 25.8. The maximum absolute atomic E-state index is 10.9. The van der Waals surface area contributed by atoms with E-state index in [0.717, 1.165) is 19.3 Å². The van der Waals surface area contributed by atoms with Crippen LogP contribution in [0.2, 0.25) is 20.6 Å². The molecular formula is C23H22Br2Cl4N2O6. The normalized spacial score (nSPS) is 11.6. The van der Waals surface area contributed by atoms with Crippen molar-refractivity contribution in [3.8, 4) is 0 Å². The molecule has 1 fully saturated rings. The van der Waals surface area contributed by atoms with Gasteiger partial charge in [0.1, 0.15) is 20.6 Å². The number of nitrogens with zero attached hydrogens (tertiary/aromatic N) is 2. The van der Waals surface area contributed by atoms with Crippen molar-refractivity contribution in [1.29, 1.82) is 0 Å². The molecule has 3 rings (SSSR count). The van der Waals surface area contributed by atoms with Gasteiger partial charge in [-0.3, -0.25) is 4.79 Å². The van der Waals surface area contributed by atoms with Crippen LogP contribution in [0, 0.1) is 0 Å². The molecule has 8 nitrogen and oxygen atoms in total. The number of pyridine rings is 2. The van der Waals surface area contributed by atoms with E-state index < -0.39 is 11.9 Å². The highest BCUT2D eigenvalue weighted by Gasteiger charge is 2.07. The number of hydrogen-bond donors (Lipinski definition) is 0. The number of halogens is 6. The molecule has 202 valence electrons. The summed E-state index contributed by atoms with van der Waals surface area (Å²) < 4.78 is 14.7. The predicted molar refractivity (Wildman–Crippen MR) is 153 cm³/mol. The van der Waals surface area contributed by atoms with Gasteiger partial charge in [0.2, 0.25) is 0 Å². The van der Waals surface area contributed by atoms with Crippen LogP contribution in [0.5, 0.6) is 0 Å². The van der Waals surface area contributed by atoms with E-state index in [4.69, 9.17) is 51.1 Å². The summed E-state index contributed by atoms with van der Waals surface area (Å²) in [4.78, 5) is 38.6. The number of methoxy groups -OCH3 is 2. The summed E-state index contributed by atoms with van der Waals surface area (Å²) in [5.74, 6) is -0.858. The zero-order valence-electron chi connectivity index (χ0n) is 19.6. The van der Waals surface area contributed by atoms with Gasteiger partial charge in [-0.2, -0.15) is 0 Å². The van der Waals surface area contributed by atoms with Crippen molar-refractivity contribution >= 4 is 103 Å². The van der Waals surface area contributed by atoms with E-state index in [1.807, 2.05) is 0 Å². The minimum Gasteiger partial charge on any atom is -0.466 e. The second-order valence-electron chi connectivity index (χ2n) is 6.28. The molecule has 2 aromatic heterocycles. The molecule has 1 saturated heterocycles. The molecule has 0 spiro atoms. The van der Waals surface area contributed by atoms with Gasteiger partial charge in [0, 0.05) is 39.9 Å². The standard InChI is InChI=1S/C9H6BrCl2NO2.C6H2BrCl2NO.C4H6O2.C4H8O/c1-15-8(14)3-2-5-6(10)4-7(11)13-9(5)12;7-4-1-5(8)10-6(9)3(4)2-11;1-3-4(5)6-2;1-2-4-5-3-1/h2-4H,1H3;1-2H;3H,1H2,2H3;1-4H2/b3-2+;;;. The lowest BCUT2D eigenvalue weighted by Crippen LogP contribution is -1.94. The Kier molecular flexibility index (Phi) is 19.6. The highest BCUT2D eigenvalue weighted by atomic mass is 79.9. The summed E-state index contributed by atoms with van der Waals surface area (Å²) in [6.07, 6.45) is 7.04. The number of rotatable bonds is 4. The van der Waals surface area contributed by atoms with Crippen LogP contribution in [0.3, 0.4) is 0 Å². The minimum atomic E-state index is -0.465. The maximum Gasteiger partial charge on any atom is 0.330 e. The van der Waals surface area contributed by atoms with Gasteiger partial charge in [0.05, 0.1) is 19.8 Å². The lowest BCUT2D eigenvalue weighted by Gasteiger charge is -2.01. The van der Waals surface area contributed by atoms with Crippen molar-refractivity contribution in [2.45, 2.75) is 12.8 Å². The number of carbonyl (C=O) groups excluding carboxylic acids is 3. The molecule has 0 bridgehead atoms. The van der Waals surface area contributed by atoms with Gasteiger partial charge in [0.25, 0.3) is 0 Å². The van der Waals surface area contributed by atoms with Gasteiger partial charge < -0.3 is 14.2 Å². The summed E-state index contributed by atoms with van der Waals surface area (Å²) in [5, 5.41) is 0.864. The summed E-state index contributed by atoms with van der Waals surface area (Å²) >= 11 is 29.0. The fourth-order valence-corrected chi connectivity index (χ4v) is 4.49. The molecule has 0 aromatic carbocycles. The second-order valence-corrected chi connectivity index (χ2v) is 9.48. The quantitative estimate of drug-likeness (QED) is 0.139. The molecule has 3 heterocycles. The van der Waals surface area contributed by atoms with Gasteiger partial charge >= 0.3 is 11.9 Å². The molecule has 2 aromatic rings. The van der Waals surface area contributed by atoms with E-state index in [1.165, 1.54) is 45.3 Å². The number of aromatic nitrogens is 2. The van der Waals surface area contributed by atoms with Crippen LogP contribution in [0.4, 0.5) is 0 Å². The molecule has 37 heavy (non-hydrogen) atoms. The molecule has 0 radical (unpaired) electrons. The Morgan fingerprint density at radius 3 is 1.68 bits per heavy atom. The molecule has 14 heteroatoms. The second kappa shape index (κ2) is 20.4. The van der Waals surface area contributed by atoms with Crippen molar-refractivity contribution in [3.63, 3.8) is 0 Å². The Bertz CT molecular complexity index is 1050. The van der Waals surface area contributed by atoms with Crippen LogP contribution in [-0.4, -0.2) is 55.6 Å². The third-order valence-electron chi connectivity index (χ3n) is 3.76. The Labute approximate surface area is 251 Å². The van der Waals surface area contributed by atoms with E-state index >= 15 is 0 Å². The van der Waals surface area contributed by atoms with E-state index in [1.54, 1.807) is 6.07 Å². The van der Waals surface area contributed by atoms with Gasteiger partial charge in [-0.25, -0.2) is 19.6 Å². The molecule has 0 N–H and O–H groups in total. The number of carbonyl (C=O) groups is 3. The number of ether oxygens (including phenoxy) is 3. The molecule has 0 amide bonds. The van der Waals surface area contributed by atoms with Crippen LogP contribution in [0.25, 0.3) is 6.08 Å². The average Bonchev–Trinajstić information content (AvgIpc) is 3.43. The Morgan fingerprint density at radius 2 is 1.38 bits per heavy atom. The Balaban J connectivity index is 0.000000512. The Morgan fingerprint density at radius 1 is 0.919 bits per heavy atom. The lowest BCUT2D eigenvalue weighted by molar-refractivity contribution is -0.135. The fraction of sp³-hybridized carbons (Fsp3) is 0.261. The summed E-state index contributed by atoms with van der Waals surface area (Å²) in [6.45, 7) is 5.16. The highest BCUT2D eigenvalue weighted by molar-refractivity contribution is 9.10. The van der Waals surface area contributed by atoms with Crippen molar-refractivity contribution in [2.75, 3.05) is 27.4 Å². The predicted octanol–water partition coefficient (Wildman–Crippen LogP) is 7.44. The maximum atomic E-state index is 10.9. The van der Waals surface area contributed by atoms with Crippen molar-refractivity contribution < 1.29 is 28.6 Å². The summed E-state index contributed by atoms with van der Waals surface area (Å²) in [6, 6.07) is 3.10. The molecule has 0 unspecified atom stereocenters. The minimum absolute atomic E-state index is 0.111. The summed E-state index contributed by atoms with van der Waals surface area (Å²) in [7, 11) is 2.60. The number of aldehydes is 1. The van der Waals surface area contributed by atoms with Crippen molar-refractivity contribution in [3.05, 3.63) is 71.5 Å². The van der Waals surface area contributed by atoms with E-state index in [0.29, 0.717) is 26.4 Å². The molecule has 1 aliphatic rings. The van der Waals surface area contributed by atoms with Gasteiger partial charge in [-0.15, -0.1) is 0 Å². The largest absolute Gasteiger partial charge is 0.466 e. The molecule has 0 saturated carbocycles. The fourth-order valence-electron chi connectivity index (χ4n) is 2.00. The smallest absolute Gasteiger partial charge is 0.330 e. The van der Waals surface area contributed by atoms with Crippen LogP contribution in [0.15, 0.2) is 39.8 Å². The first-order chi connectivity index (χ1) is 17.5. The average molecular weight is 724 g/mol. The van der Waals surface area contributed by atoms with Crippen LogP contribution in [-0.2, 0) is 23.8 Å². The first kappa shape index (κ1) is 35.5. The number of hydrogen-bond acceptors (Lipinski definition) is 8. The number of esters is 2. The molecule has 0 atom stereocenters. The molecule has 1 aliphatic heterocycles. The van der Waals surface area contributed by atoms with Gasteiger partial charge in [-0.1, -0.05) is 53.0 Å². The third-order valence-corrected chi connectivity index (χ3v) is 6.04. The van der Waals surface area contributed by atoms with E-state index in [2.05, 4.69) is 57.9 Å². The SMILES string of the molecule is C1CCOC1.C=CC(=O)OC.COC(=O)/C=C/c1c(Br)cc(Cl)nc1Cl.O=Cc1c(Br)cc(Cl)nc1Cl. The van der Waals surface area contributed by atoms with Gasteiger partial charge in [-0.05, 0) is 62.9 Å². The first-order valence-electron chi connectivity index (χ1n) is 10.0. The Hall–Kier alpha value is -1.53. The topological polar surface area (TPSA) is 105 Å². The van der Waals surface area contributed by atoms with Crippen LogP contribution in [0.1, 0.15) is 28.8 Å². The van der Waals surface area contributed by atoms with Crippen LogP contribution >= 0.6 is 78.3 Å². The monoisotopic (exact) mass is 720 g/mol. The third kappa shape index (κ3) is 15.5. The molecule has 0 aliphatic carbocycles. The van der Waals surface area contributed by atoms with Crippen LogP contribution < -0.4 is 0 Å². The summed E-state index contributed by atoms with van der Waals surface area (Å²) in [5.41, 5.74) is 0.891. The van der Waals surface area contributed by atoms with Gasteiger partial charge in [0.15, 0.2) is 6.29 Å². The zero-order chi connectivity index (χ0) is 28.4. The van der Waals surface area contributed by atoms with E-state index in [9.17, 15) is 14.4 Å². The van der Waals surface area contributed by atoms with E-state index in [-0.39, 0.29) is 20.6 Å². The first-order valence-corrected chi connectivity index (χ1v) is 13.1. The van der Waals surface area contributed by atoms with Crippen molar-refractivity contribution in [1.82, 2.24) is 9.97 Å². The highest BCUT2D eigenvalue weighted by Crippen LogP contribution is 2.27. The van der Waals surface area contributed by atoms with Crippen molar-refractivity contribution in [2.24, 2.45) is 0 Å². The molecular weight excluding hydrogens is 702 g/mol.